The van der Waals surface area contributed by atoms with Gasteiger partial charge >= 0.3 is 0 Å². The highest BCUT2D eigenvalue weighted by Crippen LogP contribution is 2.33. The number of thioether (sulfide) groups is 1. The highest BCUT2D eigenvalue weighted by atomic mass is 35.5. The number of hydrogen-bond acceptors (Lipinski definition) is 4. The summed E-state index contributed by atoms with van der Waals surface area (Å²) in [6.45, 7) is 0.878. The van der Waals surface area contributed by atoms with Crippen molar-refractivity contribution in [1.82, 2.24) is 0 Å². The predicted molar refractivity (Wildman–Crippen MR) is 132 cm³/mol. The molecule has 3 aromatic rings. The van der Waals surface area contributed by atoms with Crippen LogP contribution in [0.5, 0.6) is 0 Å². The summed E-state index contributed by atoms with van der Waals surface area (Å²) in [6.07, 6.45) is 0.951. The van der Waals surface area contributed by atoms with Gasteiger partial charge in [-0.25, -0.2) is 0 Å². The molecule has 0 bridgehead atoms. The first-order valence-electron chi connectivity index (χ1n) is 9.49. The zero-order chi connectivity index (χ0) is 21.1. The fraction of sp³-hybridized carbons (Fsp3) is 0.130. The Hall–Kier alpha value is -2.54. The average molecular weight is 454 g/mol. The number of rotatable bonds is 4. The Bertz CT molecular complexity index is 1100. The maximum Gasteiger partial charge on any atom is 0.255 e. The lowest BCUT2D eigenvalue weighted by Crippen LogP contribution is -2.24. The highest BCUT2D eigenvalue weighted by molar-refractivity contribution is 8.22. The number of fused-ring (bicyclic) bond motifs is 1. The Morgan fingerprint density at radius 3 is 2.67 bits per heavy atom. The number of nitrogens with zero attached hydrogens (tertiary/aromatic N) is 1. The van der Waals surface area contributed by atoms with Gasteiger partial charge in [0.25, 0.3) is 5.91 Å². The lowest BCUT2D eigenvalue weighted by Gasteiger charge is -2.19. The standard InChI is InChI=1S/C23H20ClN3OS2/c24-18-9-10-21-17(13-18)11-12-27(21)23(29)30-14-15-5-7-16(8-6-15)22(28)26-20-4-2-1-3-19(20)25/h1-10,13H,11-12,14,25H2,(H,26,28). The van der Waals surface area contributed by atoms with Crippen LogP contribution in [-0.4, -0.2) is 16.8 Å². The number of carbonyl (C=O) groups excluding carboxylic acids is 1. The van der Waals surface area contributed by atoms with Crippen LogP contribution in [0.3, 0.4) is 0 Å². The predicted octanol–water partition coefficient (Wildman–Crippen LogP) is 5.76. The molecule has 0 fully saturated rings. The quantitative estimate of drug-likeness (QED) is 0.388. The molecule has 0 radical (unpaired) electrons. The number of halogens is 1. The Balaban J connectivity index is 1.35. The van der Waals surface area contributed by atoms with Crippen LogP contribution in [0.25, 0.3) is 0 Å². The van der Waals surface area contributed by atoms with Gasteiger partial charge in [-0.05, 0) is 60.0 Å². The van der Waals surface area contributed by atoms with E-state index in [9.17, 15) is 4.79 Å². The summed E-state index contributed by atoms with van der Waals surface area (Å²) in [6, 6.07) is 20.7. The number of amides is 1. The minimum Gasteiger partial charge on any atom is -0.397 e. The van der Waals surface area contributed by atoms with Crippen molar-refractivity contribution in [2.75, 3.05) is 22.5 Å². The Morgan fingerprint density at radius 1 is 1.13 bits per heavy atom. The van der Waals surface area contributed by atoms with Crippen molar-refractivity contribution in [2.24, 2.45) is 0 Å². The van der Waals surface area contributed by atoms with Crippen molar-refractivity contribution in [3.63, 3.8) is 0 Å². The van der Waals surface area contributed by atoms with Gasteiger partial charge in [-0.2, -0.15) is 0 Å². The fourth-order valence-electron chi connectivity index (χ4n) is 3.34. The van der Waals surface area contributed by atoms with Gasteiger partial charge in [0.1, 0.15) is 4.32 Å². The van der Waals surface area contributed by atoms with Crippen molar-refractivity contribution in [2.45, 2.75) is 12.2 Å². The SMILES string of the molecule is Nc1ccccc1NC(=O)c1ccc(CSC(=S)N2CCc3cc(Cl)ccc32)cc1. The van der Waals surface area contributed by atoms with Gasteiger partial charge in [-0.15, -0.1) is 0 Å². The van der Waals surface area contributed by atoms with Gasteiger partial charge in [-0.3, -0.25) is 4.79 Å². The largest absolute Gasteiger partial charge is 0.397 e. The van der Waals surface area contributed by atoms with E-state index < -0.39 is 0 Å². The van der Waals surface area contributed by atoms with Gasteiger partial charge < -0.3 is 16.0 Å². The number of thiocarbonyl (C=S) groups is 1. The zero-order valence-electron chi connectivity index (χ0n) is 16.1. The van der Waals surface area contributed by atoms with Gasteiger partial charge in [0.15, 0.2) is 0 Å². The lowest BCUT2D eigenvalue weighted by atomic mass is 10.1. The van der Waals surface area contributed by atoms with Crippen LogP contribution in [-0.2, 0) is 12.2 Å². The third-order valence-electron chi connectivity index (χ3n) is 4.94. The van der Waals surface area contributed by atoms with Crippen molar-refractivity contribution in [1.29, 1.82) is 0 Å². The molecule has 0 spiro atoms. The summed E-state index contributed by atoms with van der Waals surface area (Å²) in [5.41, 5.74) is 11.1. The number of anilines is 3. The summed E-state index contributed by atoms with van der Waals surface area (Å²) >= 11 is 13.4. The average Bonchev–Trinajstić information content (AvgIpc) is 3.17. The molecule has 4 nitrogen and oxygen atoms in total. The molecule has 152 valence electrons. The summed E-state index contributed by atoms with van der Waals surface area (Å²) < 4.78 is 0.845. The molecule has 30 heavy (non-hydrogen) atoms. The molecule has 7 heteroatoms. The van der Waals surface area contributed by atoms with Crippen LogP contribution >= 0.6 is 35.6 Å². The molecule has 0 saturated heterocycles. The van der Waals surface area contributed by atoms with E-state index in [0.29, 0.717) is 16.9 Å². The molecule has 4 rings (SSSR count). The monoisotopic (exact) mass is 453 g/mol. The lowest BCUT2D eigenvalue weighted by molar-refractivity contribution is 0.102. The molecule has 0 atom stereocenters. The summed E-state index contributed by atoms with van der Waals surface area (Å²) in [7, 11) is 0. The summed E-state index contributed by atoms with van der Waals surface area (Å²) in [5, 5.41) is 3.60. The van der Waals surface area contributed by atoms with Crippen LogP contribution in [0.4, 0.5) is 17.1 Å². The summed E-state index contributed by atoms with van der Waals surface area (Å²) in [5.74, 6) is 0.557. The molecule has 1 aliphatic heterocycles. The van der Waals surface area contributed by atoms with Gasteiger partial charge in [0, 0.05) is 28.6 Å². The van der Waals surface area contributed by atoms with Crippen molar-refractivity contribution < 1.29 is 4.79 Å². The molecule has 3 N–H and O–H groups in total. The molecular formula is C23H20ClN3OS2. The third-order valence-corrected chi connectivity index (χ3v) is 6.70. The number of benzene rings is 3. The molecule has 0 saturated carbocycles. The molecule has 0 aromatic heterocycles. The van der Waals surface area contributed by atoms with Crippen LogP contribution in [0, 0.1) is 0 Å². The zero-order valence-corrected chi connectivity index (χ0v) is 18.5. The Labute approximate surface area is 190 Å². The number of nitrogens with two attached hydrogens (primary N) is 1. The molecule has 1 heterocycles. The number of nitrogen functional groups attached to an aromatic ring is 1. The second-order valence-corrected chi connectivity index (χ2v) is 9.01. The van der Waals surface area contributed by atoms with Gasteiger partial charge in [-0.1, -0.05) is 59.8 Å². The minimum absolute atomic E-state index is 0.185. The number of hydrogen-bond donors (Lipinski definition) is 2. The van der Waals surface area contributed by atoms with E-state index in [1.807, 2.05) is 54.6 Å². The van der Waals surface area contributed by atoms with E-state index in [1.165, 1.54) is 5.56 Å². The summed E-state index contributed by atoms with van der Waals surface area (Å²) in [4.78, 5) is 14.6. The highest BCUT2D eigenvalue weighted by Gasteiger charge is 2.22. The number of nitrogens with one attached hydrogen (secondary N) is 1. The molecule has 3 aromatic carbocycles. The fourth-order valence-corrected chi connectivity index (χ4v) is 4.73. The number of carbonyl (C=O) groups is 1. The van der Waals surface area contributed by atoms with E-state index in [1.54, 1.807) is 23.9 Å². The van der Waals surface area contributed by atoms with Crippen molar-refractivity contribution in [3.8, 4) is 0 Å². The van der Waals surface area contributed by atoms with Crippen molar-refractivity contribution >= 4 is 62.9 Å². The second kappa shape index (κ2) is 9.08. The molecular weight excluding hydrogens is 434 g/mol. The van der Waals surface area contributed by atoms with Gasteiger partial charge in [0.05, 0.1) is 11.4 Å². The normalized spacial score (nSPS) is 12.5. The van der Waals surface area contributed by atoms with E-state index in [4.69, 9.17) is 29.6 Å². The number of para-hydroxylation sites is 2. The van der Waals surface area contributed by atoms with Crippen LogP contribution in [0.1, 0.15) is 21.5 Å². The molecule has 1 aliphatic rings. The Morgan fingerprint density at radius 2 is 1.90 bits per heavy atom. The van der Waals surface area contributed by atoms with E-state index in [0.717, 1.165) is 39.3 Å². The first-order chi connectivity index (χ1) is 14.5. The molecule has 1 amide bonds. The third kappa shape index (κ3) is 4.61. The van der Waals surface area contributed by atoms with Crippen LogP contribution in [0.2, 0.25) is 5.02 Å². The van der Waals surface area contributed by atoms with Crippen molar-refractivity contribution in [3.05, 3.63) is 88.4 Å². The smallest absolute Gasteiger partial charge is 0.255 e. The first-order valence-corrected chi connectivity index (χ1v) is 11.3. The topological polar surface area (TPSA) is 58.4 Å². The van der Waals surface area contributed by atoms with Crippen LogP contribution in [0.15, 0.2) is 66.7 Å². The van der Waals surface area contributed by atoms with E-state index in [-0.39, 0.29) is 5.91 Å². The maximum atomic E-state index is 12.4. The van der Waals surface area contributed by atoms with E-state index >= 15 is 0 Å². The Kier molecular flexibility index (Phi) is 6.27. The minimum atomic E-state index is -0.185. The van der Waals surface area contributed by atoms with E-state index in [2.05, 4.69) is 10.2 Å². The second-order valence-electron chi connectivity index (χ2n) is 6.97. The van der Waals surface area contributed by atoms with Crippen LogP contribution < -0.4 is 16.0 Å². The van der Waals surface area contributed by atoms with Gasteiger partial charge in [0.2, 0.25) is 0 Å². The first kappa shape index (κ1) is 20.7. The molecule has 0 unspecified atom stereocenters. The maximum absolute atomic E-state index is 12.4. The molecule has 0 aliphatic carbocycles.